The molecule has 5 heteroatoms. The summed E-state index contributed by atoms with van der Waals surface area (Å²) in [6.07, 6.45) is 2.34. The molecule has 0 fully saturated rings. The molecule has 1 aromatic carbocycles. The molecule has 100 valence electrons. The first kappa shape index (κ1) is 13.1. The summed E-state index contributed by atoms with van der Waals surface area (Å²) in [5.74, 6) is -0.185. The summed E-state index contributed by atoms with van der Waals surface area (Å²) in [7, 11) is 1.60. The smallest absolute Gasteiger partial charge is 0.251 e. The molecule has 2 N–H and O–H groups in total. The molecule has 1 aromatic heterocycles. The van der Waals surface area contributed by atoms with Gasteiger partial charge in [-0.3, -0.25) is 9.59 Å². The Hall–Kier alpha value is -2.30. The Morgan fingerprint density at radius 3 is 2.79 bits per heavy atom. The van der Waals surface area contributed by atoms with Crippen molar-refractivity contribution in [2.24, 2.45) is 0 Å². The van der Waals surface area contributed by atoms with Crippen LogP contribution >= 0.6 is 0 Å². The highest BCUT2D eigenvalue weighted by molar-refractivity contribution is 5.98. The van der Waals surface area contributed by atoms with Crippen LogP contribution in [0.5, 0.6) is 0 Å². The van der Waals surface area contributed by atoms with Crippen LogP contribution in [-0.2, 0) is 11.2 Å². The van der Waals surface area contributed by atoms with Crippen molar-refractivity contribution in [3.63, 3.8) is 0 Å². The molecule has 2 amide bonds. The number of furan rings is 1. The molecule has 0 spiro atoms. The fourth-order valence-corrected chi connectivity index (χ4v) is 1.93. The van der Waals surface area contributed by atoms with E-state index in [2.05, 4.69) is 10.6 Å². The maximum Gasteiger partial charge on any atom is 0.251 e. The molecule has 0 unspecified atom stereocenters. The number of carbonyl (C=O) groups is 2. The van der Waals surface area contributed by atoms with E-state index in [0.717, 1.165) is 16.5 Å². The summed E-state index contributed by atoms with van der Waals surface area (Å²) in [6.45, 7) is 2.03. The normalized spacial score (nSPS) is 10.4. The predicted octanol–water partition coefficient (Wildman–Crippen LogP) is 1.47. The third-order valence-electron chi connectivity index (χ3n) is 2.91. The van der Waals surface area contributed by atoms with Gasteiger partial charge in [0.05, 0.1) is 6.26 Å². The maximum absolute atomic E-state index is 11.6. The molecular formula is C14H16N2O3. The van der Waals surface area contributed by atoms with Crippen molar-refractivity contribution >= 4 is 22.8 Å². The first-order valence-corrected chi connectivity index (χ1v) is 6.08. The highest BCUT2D eigenvalue weighted by atomic mass is 16.3. The Bertz CT molecular complexity index is 616. The molecule has 0 atom stereocenters. The van der Waals surface area contributed by atoms with E-state index in [0.29, 0.717) is 18.5 Å². The molecule has 2 aromatic rings. The quantitative estimate of drug-likeness (QED) is 0.874. The molecule has 0 aliphatic rings. The maximum atomic E-state index is 11.6. The SMILES string of the molecule is CNC(=O)c1ccc2occ(CCNC(C)=O)c2c1. The van der Waals surface area contributed by atoms with Crippen LogP contribution in [0, 0.1) is 0 Å². The zero-order chi connectivity index (χ0) is 13.8. The lowest BCUT2D eigenvalue weighted by Crippen LogP contribution is -2.22. The molecule has 0 aliphatic heterocycles. The van der Waals surface area contributed by atoms with Gasteiger partial charge in [0.1, 0.15) is 5.58 Å². The Morgan fingerprint density at radius 1 is 1.32 bits per heavy atom. The van der Waals surface area contributed by atoms with E-state index < -0.39 is 0 Å². The van der Waals surface area contributed by atoms with Gasteiger partial charge >= 0.3 is 0 Å². The molecule has 0 saturated heterocycles. The number of benzene rings is 1. The summed E-state index contributed by atoms with van der Waals surface area (Å²) in [5, 5.41) is 6.24. The number of fused-ring (bicyclic) bond motifs is 1. The summed E-state index contributed by atoms with van der Waals surface area (Å²) in [4.78, 5) is 22.4. The molecule has 19 heavy (non-hydrogen) atoms. The average molecular weight is 260 g/mol. The molecule has 5 nitrogen and oxygen atoms in total. The minimum atomic E-state index is -0.129. The molecule has 1 heterocycles. The summed E-state index contributed by atoms with van der Waals surface area (Å²) < 4.78 is 5.43. The third kappa shape index (κ3) is 2.93. The molecule has 0 bridgehead atoms. The third-order valence-corrected chi connectivity index (χ3v) is 2.91. The van der Waals surface area contributed by atoms with Crippen molar-refractivity contribution in [1.29, 1.82) is 0 Å². The summed E-state index contributed by atoms with van der Waals surface area (Å²) in [6, 6.07) is 5.31. The fourth-order valence-electron chi connectivity index (χ4n) is 1.93. The molecule has 2 rings (SSSR count). The number of hydrogen-bond acceptors (Lipinski definition) is 3. The predicted molar refractivity (Wildman–Crippen MR) is 72.0 cm³/mol. The number of amides is 2. The van der Waals surface area contributed by atoms with Gasteiger partial charge in [-0.05, 0) is 30.2 Å². The second-order valence-corrected chi connectivity index (χ2v) is 4.28. The van der Waals surface area contributed by atoms with Crippen molar-refractivity contribution in [2.75, 3.05) is 13.6 Å². The van der Waals surface area contributed by atoms with Gasteiger partial charge in [0.2, 0.25) is 5.91 Å². The van der Waals surface area contributed by atoms with Gasteiger partial charge in [0.15, 0.2) is 0 Å². The van der Waals surface area contributed by atoms with E-state index in [-0.39, 0.29) is 11.8 Å². The van der Waals surface area contributed by atoms with E-state index in [4.69, 9.17) is 4.42 Å². The lowest BCUT2D eigenvalue weighted by molar-refractivity contribution is -0.118. The largest absolute Gasteiger partial charge is 0.464 e. The Kier molecular flexibility index (Phi) is 3.85. The van der Waals surface area contributed by atoms with Crippen LogP contribution in [0.2, 0.25) is 0 Å². The fraction of sp³-hybridized carbons (Fsp3) is 0.286. The van der Waals surface area contributed by atoms with Crippen molar-refractivity contribution in [1.82, 2.24) is 10.6 Å². The van der Waals surface area contributed by atoms with Gasteiger partial charge in [-0.1, -0.05) is 0 Å². The minimum Gasteiger partial charge on any atom is -0.464 e. The van der Waals surface area contributed by atoms with Gasteiger partial charge in [-0.15, -0.1) is 0 Å². The van der Waals surface area contributed by atoms with Gasteiger partial charge in [-0.25, -0.2) is 0 Å². The van der Waals surface area contributed by atoms with Crippen LogP contribution in [0.3, 0.4) is 0 Å². The second kappa shape index (κ2) is 5.56. The standard InChI is InChI=1S/C14H16N2O3/c1-9(17)16-6-5-11-8-19-13-4-3-10(7-12(11)13)14(18)15-2/h3-4,7-8H,5-6H2,1-2H3,(H,15,18)(H,16,17). The number of carbonyl (C=O) groups excluding carboxylic acids is 2. The summed E-state index contributed by atoms with van der Waals surface area (Å²) >= 11 is 0. The topological polar surface area (TPSA) is 71.3 Å². The summed E-state index contributed by atoms with van der Waals surface area (Å²) in [5.41, 5.74) is 2.32. The highest BCUT2D eigenvalue weighted by Gasteiger charge is 2.10. The van der Waals surface area contributed by atoms with Gasteiger partial charge in [0, 0.05) is 31.5 Å². The number of nitrogens with one attached hydrogen (secondary N) is 2. The van der Waals surface area contributed by atoms with E-state index in [9.17, 15) is 9.59 Å². The average Bonchev–Trinajstić information content (AvgIpc) is 2.80. The van der Waals surface area contributed by atoms with E-state index in [1.54, 1.807) is 31.5 Å². The minimum absolute atomic E-state index is 0.0566. The second-order valence-electron chi connectivity index (χ2n) is 4.28. The van der Waals surface area contributed by atoms with E-state index in [1.165, 1.54) is 6.92 Å². The molecule has 0 radical (unpaired) electrons. The van der Waals surface area contributed by atoms with Crippen LogP contribution in [0.25, 0.3) is 11.0 Å². The first-order chi connectivity index (χ1) is 9.11. The lowest BCUT2D eigenvalue weighted by Gasteiger charge is -2.02. The van der Waals surface area contributed by atoms with Gasteiger partial charge in [0.25, 0.3) is 5.91 Å². The van der Waals surface area contributed by atoms with Gasteiger partial charge in [-0.2, -0.15) is 0 Å². The highest BCUT2D eigenvalue weighted by Crippen LogP contribution is 2.22. The lowest BCUT2D eigenvalue weighted by atomic mass is 10.1. The Morgan fingerprint density at radius 2 is 2.11 bits per heavy atom. The van der Waals surface area contributed by atoms with Crippen molar-refractivity contribution in [2.45, 2.75) is 13.3 Å². The monoisotopic (exact) mass is 260 g/mol. The number of rotatable bonds is 4. The van der Waals surface area contributed by atoms with Crippen molar-refractivity contribution < 1.29 is 14.0 Å². The molecule has 0 aliphatic carbocycles. The van der Waals surface area contributed by atoms with Crippen LogP contribution in [0.15, 0.2) is 28.9 Å². The number of hydrogen-bond donors (Lipinski definition) is 2. The van der Waals surface area contributed by atoms with E-state index in [1.807, 2.05) is 0 Å². The Labute approximate surface area is 111 Å². The first-order valence-electron chi connectivity index (χ1n) is 6.08. The van der Waals surface area contributed by atoms with Crippen LogP contribution in [-0.4, -0.2) is 25.4 Å². The van der Waals surface area contributed by atoms with Crippen LogP contribution in [0.1, 0.15) is 22.8 Å². The zero-order valence-corrected chi connectivity index (χ0v) is 10.9. The molecule has 0 saturated carbocycles. The molecular weight excluding hydrogens is 244 g/mol. The van der Waals surface area contributed by atoms with Gasteiger partial charge < -0.3 is 15.1 Å². The van der Waals surface area contributed by atoms with Crippen LogP contribution < -0.4 is 10.6 Å². The Balaban J connectivity index is 2.24. The zero-order valence-electron chi connectivity index (χ0n) is 10.9. The van der Waals surface area contributed by atoms with E-state index >= 15 is 0 Å². The van der Waals surface area contributed by atoms with Crippen LogP contribution in [0.4, 0.5) is 0 Å². The van der Waals surface area contributed by atoms with Crippen molar-refractivity contribution in [3.05, 3.63) is 35.6 Å². The van der Waals surface area contributed by atoms with Crippen molar-refractivity contribution in [3.8, 4) is 0 Å².